The highest BCUT2D eigenvalue weighted by molar-refractivity contribution is 9.10. The van der Waals surface area contributed by atoms with E-state index in [1.165, 1.54) is 19.1 Å². The van der Waals surface area contributed by atoms with Crippen LogP contribution in [0.1, 0.15) is 19.4 Å². The highest BCUT2D eigenvalue weighted by Gasteiger charge is 2.35. The molecule has 3 aromatic rings. The molecule has 32 heavy (non-hydrogen) atoms. The van der Waals surface area contributed by atoms with Gasteiger partial charge in [-0.2, -0.15) is 4.31 Å². The number of carbonyl (C=O) groups is 1. The highest BCUT2D eigenvalue weighted by Crippen LogP contribution is 2.28. The Kier molecular flexibility index (Phi) is 7.58. The number of rotatable bonds is 8. The van der Waals surface area contributed by atoms with E-state index in [0.717, 1.165) is 14.3 Å². The van der Waals surface area contributed by atoms with Crippen LogP contribution in [0.25, 0.3) is 0 Å². The van der Waals surface area contributed by atoms with Crippen LogP contribution >= 0.6 is 15.9 Å². The van der Waals surface area contributed by atoms with Gasteiger partial charge < -0.3 is 9.47 Å². The van der Waals surface area contributed by atoms with Gasteiger partial charge in [0.1, 0.15) is 11.5 Å². The van der Waals surface area contributed by atoms with Gasteiger partial charge in [-0.3, -0.25) is 4.79 Å². The Balaban J connectivity index is 2.00. The topological polar surface area (TPSA) is 72.9 Å². The first-order valence-electron chi connectivity index (χ1n) is 10.0. The molecular weight excluding hydrogens is 494 g/mol. The van der Waals surface area contributed by atoms with Crippen molar-refractivity contribution in [3.63, 3.8) is 0 Å². The minimum atomic E-state index is -4.19. The number of hydrogen-bond acceptors (Lipinski definition) is 5. The number of hydrogen-bond donors (Lipinski definition) is 0. The Morgan fingerprint density at radius 2 is 1.66 bits per heavy atom. The highest BCUT2D eigenvalue weighted by atomic mass is 79.9. The Hall–Kier alpha value is -2.84. The average molecular weight is 518 g/mol. The molecule has 0 N–H and O–H groups in total. The summed E-state index contributed by atoms with van der Waals surface area (Å²) in [7, 11) is -4.19. The van der Waals surface area contributed by atoms with Gasteiger partial charge in [-0.25, -0.2) is 8.42 Å². The van der Waals surface area contributed by atoms with Gasteiger partial charge in [-0.1, -0.05) is 39.7 Å². The minimum Gasteiger partial charge on any atom is -0.494 e. The van der Waals surface area contributed by atoms with E-state index in [2.05, 4.69) is 15.9 Å². The summed E-state index contributed by atoms with van der Waals surface area (Å²) in [5.41, 5.74) is 1.11. The summed E-state index contributed by atoms with van der Waals surface area (Å²) in [5.74, 6) is 0.309. The molecule has 0 saturated carbocycles. The fourth-order valence-electron chi connectivity index (χ4n) is 3.00. The first kappa shape index (κ1) is 23.8. The van der Waals surface area contributed by atoms with Crippen molar-refractivity contribution in [1.82, 2.24) is 0 Å². The molecule has 0 aromatic heterocycles. The van der Waals surface area contributed by atoms with E-state index in [1.807, 2.05) is 19.9 Å². The molecule has 6 nitrogen and oxygen atoms in total. The Morgan fingerprint density at radius 1 is 1.00 bits per heavy atom. The lowest BCUT2D eigenvalue weighted by atomic mass is 10.2. The maximum Gasteiger partial charge on any atom is 0.281 e. The molecular formula is C24H24BrNO5S. The summed E-state index contributed by atoms with van der Waals surface area (Å²) in [6.07, 6.45) is -1.06. The van der Waals surface area contributed by atoms with Crippen molar-refractivity contribution in [3.8, 4) is 11.5 Å². The van der Waals surface area contributed by atoms with Crippen molar-refractivity contribution in [2.75, 3.05) is 10.9 Å². The van der Waals surface area contributed by atoms with Gasteiger partial charge in [0.2, 0.25) is 0 Å². The van der Waals surface area contributed by atoms with Gasteiger partial charge in [-0.15, -0.1) is 0 Å². The van der Waals surface area contributed by atoms with E-state index in [4.69, 9.17) is 9.47 Å². The van der Waals surface area contributed by atoms with Crippen LogP contribution < -0.4 is 13.8 Å². The molecule has 3 aromatic carbocycles. The van der Waals surface area contributed by atoms with E-state index in [9.17, 15) is 13.2 Å². The van der Waals surface area contributed by atoms with E-state index in [0.29, 0.717) is 18.1 Å². The first-order valence-corrected chi connectivity index (χ1v) is 12.3. The largest absolute Gasteiger partial charge is 0.494 e. The zero-order valence-corrected chi connectivity index (χ0v) is 20.4. The average Bonchev–Trinajstić information content (AvgIpc) is 2.75. The van der Waals surface area contributed by atoms with Gasteiger partial charge in [0.05, 0.1) is 17.2 Å². The maximum atomic E-state index is 13.5. The molecule has 3 rings (SSSR count). The standard InChI is InChI=1S/C24H24BrNO5S/c1-4-30-21-12-10-20(11-13-21)26(32(28,29)23-14-8-17(2)9-15-23)24(27)18(3)31-22-7-5-6-19(25)16-22/h5-16,18H,4H2,1-3H3. The van der Waals surface area contributed by atoms with Gasteiger partial charge in [-0.05, 0) is 75.4 Å². The number of ether oxygens (including phenoxy) is 2. The summed E-state index contributed by atoms with van der Waals surface area (Å²) in [6, 6.07) is 19.7. The normalized spacial score (nSPS) is 12.1. The lowest BCUT2D eigenvalue weighted by Gasteiger charge is -2.26. The predicted molar refractivity (Wildman–Crippen MR) is 128 cm³/mol. The van der Waals surface area contributed by atoms with Gasteiger partial charge in [0, 0.05) is 4.47 Å². The number of sulfonamides is 1. The zero-order valence-electron chi connectivity index (χ0n) is 18.0. The van der Waals surface area contributed by atoms with Gasteiger partial charge in [0.15, 0.2) is 6.10 Å². The van der Waals surface area contributed by atoms with Crippen LogP contribution in [-0.2, 0) is 14.8 Å². The third-order valence-electron chi connectivity index (χ3n) is 4.60. The Morgan fingerprint density at radius 3 is 2.25 bits per heavy atom. The molecule has 0 fully saturated rings. The molecule has 0 spiro atoms. The molecule has 1 atom stereocenters. The molecule has 0 aliphatic carbocycles. The Labute approximate surface area is 197 Å². The van der Waals surface area contributed by atoms with Crippen molar-refractivity contribution in [2.45, 2.75) is 31.8 Å². The lowest BCUT2D eigenvalue weighted by Crippen LogP contribution is -2.44. The fraction of sp³-hybridized carbons (Fsp3) is 0.208. The van der Waals surface area contributed by atoms with E-state index >= 15 is 0 Å². The number of carbonyl (C=O) groups excluding carboxylic acids is 1. The smallest absolute Gasteiger partial charge is 0.281 e. The van der Waals surface area contributed by atoms with Crippen LogP contribution in [-0.4, -0.2) is 27.0 Å². The summed E-state index contributed by atoms with van der Waals surface area (Å²) in [6.45, 7) is 5.71. The van der Waals surface area contributed by atoms with Crippen molar-refractivity contribution in [3.05, 3.63) is 82.8 Å². The summed E-state index contributed by atoms with van der Waals surface area (Å²) in [5, 5.41) is 0. The molecule has 8 heteroatoms. The first-order chi connectivity index (χ1) is 15.2. The van der Waals surface area contributed by atoms with Crippen LogP contribution in [0.2, 0.25) is 0 Å². The lowest BCUT2D eigenvalue weighted by molar-refractivity contribution is -0.123. The van der Waals surface area contributed by atoms with Crippen LogP contribution in [0.15, 0.2) is 82.2 Å². The molecule has 0 saturated heterocycles. The van der Waals surface area contributed by atoms with Crippen LogP contribution in [0.4, 0.5) is 5.69 Å². The number of benzene rings is 3. The molecule has 1 amide bonds. The molecule has 0 aliphatic rings. The van der Waals surface area contributed by atoms with E-state index < -0.39 is 22.0 Å². The molecule has 0 radical (unpaired) electrons. The minimum absolute atomic E-state index is 0.0139. The monoisotopic (exact) mass is 517 g/mol. The zero-order chi connectivity index (χ0) is 23.3. The van der Waals surface area contributed by atoms with Crippen LogP contribution in [0, 0.1) is 6.92 Å². The van der Waals surface area contributed by atoms with Crippen molar-refractivity contribution < 1.29 is 22.7 Å². The van der Waals surface area contributed by atoms with Crippen molar-refractivity contribution in [1.29, 1.82) is 0 Å². The number of anilines is 1. The molecule has 168 valence electrons. The summed E-state index contributed by atoms with van der Waals surface area (Å²) >= 11 is 3.36. The van der Waals surface area contributed by atoms with Gasteiger partial charge in [0.25, 0.3) is 15.9 Å². The predicted octanol–water partition coefficient (Wildman–Crippen LogP) is 5.35. The fourth-order valence-corrected chi connectivity index (χ4v) is 4.86. The molecule has 0 heterocycles. The van der Waals surface area contributed by atoms with E-state index in [1.54, 1.807) is 54.6 Å². The second-order valence-corrected chi connectivity index (χ2v) is 9.77. The molecule has 1 unspecified atom stereocenters. The van der Waals surface area contributed by atoms with E-state index in [-0.39, 0.29) is 10.6 Å². The maximum absolute atomic E-state index is 13.5. The summed E-state index contributed by atoms with van der Waals surface area (Å²) < 4.78 is 39.8. The quantitative estimate of drug-likeness (QED) is 0.402. The number of halogens is 1. The third-order valence-corrected chi connectivity index (χ3v) is 6.83. The van der Waals surface area contributed by atoms with Crippen molar-refractivity contribution >= 4 is 37.5 Å². The van der Waals surface area contributed by atoms with Crippen LogP contribution in [0.5, 0.6) is 11.5 Å². The van der Waals surface area contributed by atoms with Crippen LogP contribution in [0.3, 0.4) is 0 Å². The van der Waals surface area contributed by atoms with Gasteiger partial charge >= 0.3 is 0 Å². The molecule has 0 bridgehead atoms. The molecule has 0 aliphatic heterocycles. The Bertz CT molecular complexity index is 1180. The van der Waals surface area contributed by atoms with Crippen molar-refractivity contribution in [2.24, 2.45) is 0 Å². The number of aryl methyl sites for hydroxylation is 1. The second kappa shape index (κ2) is 10.2. The SMILES string of the molecule is CCOc1ccc(N(C(=O)C(C)Oc2cccc(Br)c2)S(=O)(=O)c2ccc(C)cc2)cc1. The number of nitrogens with zero attached hydrogens (tertiary/aromatic N) is 1. The summed E-state index contributed by atoms with van der Waals surface area (Å²) in [4.78, 5) is 13.4. The third kappa shape index (κ3) is 5.49. The second-order valence-electron chi connectivity index (χ2n) is 7.07. The number of amides is 1.